The summed E-state index contributed by atoms with van der Waals surface area (Å²) in [5.41, 5.74) is 1.81. The van der Waals surface area contributed by atoms with E-state index in [4.69, 9.17) is 0 Å². The van der Waals surface area contributed by atoms with Crippen LogP contribution in [0, 0.1) is 5.92 Å². The van der Waals surface area contributed by atoms with Crippen LogP contribution in [0.25, 0.3) is 0 Å². The maximum Gasteiger partial charge on any atom is 0.0735 e. The zero-order valence-electron chi connectivity index (χ0n) is 18.6. The zero-order valence-corrected chi connectivity index (χ0v) is 24.9. The van der Waals surface area contributed by atoms with Gasteiger partial charge in [-0.25, -0.2) is 0 Å². The largest absolute Gasteiger partial charge is 0.0824 e. The standard InChI is InChI=1S/C22H44I2Si2/c1-18(2)26(7,19(3)4)22(24)15-11-20(12-16-22)17-25(5,6)21(23)13-9-8-10-14-21/h18-20H,8-17H2,1-7H3. The third-order valence-electron chi connectivity index (χ3n) is 8.92. The Balaban J connectivity index is 2.03. The summed E-state index contributed by atoms with van der Waals surface area (Å²) in [6.07, 6.45) is 13.6. The number of alkyl halides is 2. The summed E-state index contributed by atoms with van der Waals surface area (Å²) in [5.74, 6) is 1.03. The summed E-state index contributed by atoms with van der Waals surface area (Å²) in [6, 6.07) is 1.60. The first-order valence-corrected chi connectivity index (χ1v) is 19.3. The molecule has 0 aromatic rings. The van der Waals surface area contributed by atoms with E-state index in [0.717, 1.165) is 17.0 Å². The summed E-state index contributed by atoms with van der Waals surface area (Å²) in [4.78, 5) is 0. The summed E-state index contributed by atoms with van der Waals surface area (Å²) in [5, 5.41) is 0. The van der Waals surface area contributed by atoms with Gasteiger partial charge in [0.2, 0.25) is 0 Å². The van der Waals surface area contributed by atoms with Crippen LogP contribution in [0.3, 0.4) is 0 Å². The second-order valence-electron chi connectivity index (χ2n) is 11.1. The lowest BCUT2D eigenvalue weighted by atomic mass is 9.90. The average molecular weight is 619 g/mol. The van der Waals surface area contributed by atoms with Crippen molar-refractivity contribution in [3.05, 3.63) is 0 Å². The molecular weight excluding hydrogens is 574 g/mol. The Kier molecular flexibility index (Phi) is 8.32. The monoisotopic (exact) mass is 618 g/mol. The maximum absolute atomic E-state index is 2.96. The SMILES string of the molecule is CC(C)[Si](C)(C(C)C)C1(I)CCC(C[Si](C)(C)C2(I)CCCCC2)CC1. The lowest BCUT2D eigenvalue weighted by molar-refractivity contribution is 0.363. The molecule has 2 aliphatic carbocycles. The molecule has 0 aliphatic heterocycles. The topological polar surface area (TPSA) is 0 Å². The van der Waals surface area contributed by atoms with E-state index in [0.29, 0.717) is 6.09 Å². The van der Waals surface area contributed by atoms with Gasteiger partial charge in [0.15, 0.2) is 0 Å². The molecule has 0 N–H and O–H groups in total. The molecular formula is C22H44I2Si2. The summed E-state index contributed by atoms with van der Waals surface area (Å²) >= 11 is 5.90. The summed E-state index contributed by atoms with van der Waals surface area (Å²) < 4.78 is 1.34. The molecule has 0 unspecified atom stereocenters. The van der Waals surface area contributed by atoms with Gasteiger partial charge in [0.05, 0.1) is 16.1 Å². The molecule has 0 saturated heterocycles. The van der Waals surface area contributed by atoms with Crippen molar-refractivity contribution in [2.75, 3.05) is 0 Å². The number of hydrogen-bond acceptors (Lipinski definition) is 0. The van der Waals surface area contributed by atoms with E-state index in [1.165, 1.54) is 57.8 Å². The third-order valence-corrected chi connectivity index (χ3v) is 30.7. The van der Waals surface area contributed by atoms with Gasteiger partial charge in [0.1, 0.15) is 0 Å². The molecule has 0 radical (unpaired) electrons. The summed E-state index contributed by atoms with van der Waals surface area (Å²) in [6.45, 7) is 18.3. The van der Waals surface area contributed by atoms with Crippen LogP contribution < -0.4 is 0 Å². The Morgan fingerprint density at radius 3 is 1.65 bits per heavy atom. The first-order valence-electron chi connectivity index (χ1n) is 11.3. The molecule has 2 fully saturated rings. The first kappa shape index (κ1) is 24.2. The van der Waals surface area contributed by atoms with Crippen LogP contribution in [0.2, 0.25) is 36.8 Å². The number of hydrogen-bond donors (Lipinski definition) is 0. The van der Waals surface area contributed by atoms with Crippen molar-refractivity contribution in [1.29, 1.82) is 0 Å². The molecule has 0 heterocycles. The van der Waals surface area contributed by atoms with Crippen molar-refractivity contribution in [2.24, 2.45) is 5.92 Å². The molecule has 2 saturated carbocycles. The van der Waals surface area contributed by atoms with E-state index in [1.54, 1.807) is 6.04 Å². The molecule has 0 atom stereocenters. The molecule has 0 aromatic carbocycles. The van der Waals surface area contributed by atoms with Crippen LogP contribution in [0.15, 0.2) is 0 Å². The minimum Gasteiger partial charge on any atom is -0.0824 e. The molecule has 4 heteroatoms. The second kappa shape index (κ2) is 8.95. The Hall–Kier alpha value is 1.89. The van der Waals surface area contributed by atoms with Gasteiger partial charge in [0, 0.05) is 6.09 Å². The smallest absolute Gasteiger partial charge is 0.0735 e. The molecule has 0 nitrogen and oxygen atoms in total. The lowest BCUT2D eigenvalue weighted by Gasteiger charge is -2.53. The fourth-order valence-corrected chi connectivity index (χ4v) is 20.7. The third kappa shape index (κ3) is 4.63. The van der Waals surface area contributed by atoms with E-state index in [2.05, 4.69) is 92.5 Å². The lowest BCUT2D eigenvalue weighted by Crippen LogP contribution is -2.58. The highest BCUT2D eigenvalue weighted by Gasteiger charge is 2.54. The Bertz CT molecular complexity index is 451. The van der Waals surface area contributed by atoms with Gasteiger partial charge in [0.25, 0.3) is 0 Å². The van der Waals surface area contributed by atoms with Crippen LogP contribution in [0.1, 0.15) is 85.5 Å². The van der Waals surface area contributed by atoms with E-state index in [-0.39, 0.29) is 0 Å². The molecule has 154 valence electrons. The molecule has 0 aromatic heterocycles. The van der Waals surface area contributed by atoms with Gasteiger partial charge in [-0.05, 0) is 55.5 Å². The van der Waals surface area contributed by atoms with Gasteiger partial charge in [-0.3, -0.25) is 0 Å². The Labute approximate surface area is 194 Å². The van der Waals surface area contributed by atoms with Crippen LogP contribution in [-0.4, -0.2) is 22.2 Å². The number of halogens is 2. The van der Waals surface area contributed by atoms with Crippen molar-refractivity contribution in [3.8, 4) is 0 Å². The second-order valence-corrected chi connectivity index (χ2v) is 28.2. The first-order chi connectivity index (χ1) is 11.9. The molecule has 0 amide bonds. The highest BCUT2D eigenvalue weighted by molar-refractivity contribution is 14.1. The fraction of sp³-hybridized carbons (Fsp3) is 1.00. The maximum atomic E-state index is 2.96. The van der Waals surface area contributed by atoms with Gasteiger partial charge in [-0.2, -0.15) is 0 Å². The highest BCUT2D eigenvalue weighted by atomic mass is 127. The molecule has 0 bridgehead atoms. The quantitative estimate of drug-likeness (QED) is 0.158. The highest BCUT2D eigenvalue weighted by Crippen LogP contribution is 2.55. The van der Waals surface area contributed by atoms with E-state index >= 15 is 0 Å². The van der Waals surface area contributed by atoms with Crippen molar-refractivity contribution >= 4 is 61.3 Å². The normalized spacial score (nSPS) is 30.8. The van der Waals surface area contributed by atoms with Crippen LogP contribution >= 0.6 is 45.2 Å². The van der Waals surface area contributed by atoms with Crippen molar-refractivity contribution < 1.29 is 0 Å². The van der Waals surface area contributed by atoms with Crippen molar-refractivity contribution in [1.82, 2.24) is 0 Å². The van der Waals surface area contributed by atoms with E-state index < -0.39 is 16.1 Å². The van der Waals surface area contributed by atoms with E-state index in [1.807, 2.05) is 0 Å². The van der Waals surface area contributed by atoms with Crippen molar-refractivity contribution in [3.63, 3.8) is 0 Å². The van der Waals surface area contributed by atoms with Crippen LogP contribution in [-0.2, 0) is 0 Å². The van der Waals surface area contributed by atoms with Crippen LogP contribution in [0.5, 0.6) is 0 Å². The molecule has 26 heavy (non-hydrogen) atoms. The average Bonchev–Trinajstić information content (AvgIpc) is 2.56. The molecule has 0 spiro atoms. The minimum absolute atomic E-state index is 0.641. The minimum atomic E-state index is -1.27. The van der Waals surface area contributed by atoms with Crippen molar-refractivity contribution in [2.45, 2.75) is 128 Å². The van der Waals surface area contributed by atoms with Gasteiger partial charge in [-0.15, -0.1) is 0 Å². The molecule has 2 aliphatic rings. The predicted octanol–water partition coefficient (Wildman–Crippen LogP) is 9.17. The van der Waals surface area contributed by atoms with E-state index in [9.17, 15) is 0 Å². The Morgan fingerprint density at radius 1 is 0.769 bits per heavy atom. The van der Waals surface area contributed by atoms with Gasteiger partial charge < -0.3 is 0 Å². The fourth-order valence-electron chi connectivity index (χ4n) is 6.27. The summed E-state index contributed by atoms with van der Waals surface area (Å²) in [7, 11) is -2.42. The van der Waals surface area contributed by atoms with Gasteiger partial charge >= 0.3 is 0 Å². The Morgan fingerprint density at radius 2 is 1.23 bits per heavy atom. The van der Waals surface area contributed by atoms with Gasteiger partial charge in [-0.1, -0.05) is 118 Å². The molecule has 2 rings (SSSR count). The predicted molar refractivity (Wildman–Crippen MR) is 143 cm³/mol. The van der Waals surface area contributed by atoms with Crippen LogP contribution in [0.4, 0.5) is 0 Å². The number of rotatable bonds is 6. The zero-order chi connectivity index (χ0) is 19.8.